The van der Waals surface area contributed by atoms with Crippen LogP contribution in [-0.2, 0) is 0 Å². The smallest absolute Gasteiger partial charge is 0.251 e. The lowest BCUT2D eigenvalue weighted by atomic mass is 10.5. The summed E-state index contributed by atoms with van der Waals surface area (Å²) in [5.74, 6) is 0.585. The van der Waals surface area contributed by atoms with Crippen molar-refractivity contribution in [2.75, 3.05) is 11.9 Å². The van der Waals surface area contributed by atoms with Gasteiger partial charge in [0.15, 0.2) is 5.16 Å². The molecular weight excluding hydrogens is 262 g/mol. The second-order valence-electron chi connectivity index (χ2n) is 3.94. The number of nitrogens with zero attached hydrogens (tertiary/aromatic N) is 3. The van der Waals surface area contributed by atoms with E-state index in [2.05, 4.69) is 32.2 Å². The van der Waals surface area contributed by atoms with Gasteiger partial charge in [-0.3, -0.25) is 4.79 Å². The molecule has 2 aromatic heterocycles. The van der Waals surface area contributed by atoms with Crippen molar-refractivity contribution in [3.63, 3.8) is 0 Å². The van der Waals surface area contributed by atoms with Crippen LogP contribution in [0.4, 0.5) is 5.95 Å². The van der Waals surface area contributed by atoms with Crippen molar-refractivity contribution >= 4 is 17.7 Å². The van der Waals surface area contributed by atoms with E-state index >= 15 is 0 Å². The number of H-pyrrole nitrogens is 1. The largest absolute Gasteiger partial charge is 0.354 e. The van der Waals surface area contributed by atoms with E-state index in [1.807, 2.05) is 0 Å². The van der Waals surface area contributed by atoms with Gasteiger partial charge in [-0.05, 0) is 31.2 Å². The van der Waals surface area contributed by atoms with Gasteiger partial charge < -0.3 is 10.3 Å². The van der Waals surface area contributed by atoms with Crippen LogP contribution in [0, 0.1) is 6.92 Å². The van der Waals surface area contributed by atoms with Gasteiger partial charge in [0.05, 0.1) is 0 Å². The Hall–Kier alpha value is -1.89. The molecule has 2 heterocycles. The van der Waals surface area contributed by atoms with Crippen molar-refractivity contribution in [3.8, 4) is 0 Å². The molecule has 0 aromatic carbocycles. The molecule has 0 saturated heterocycles. The average molecular weight is 277 g/mol. The van der Waals surface area contributed by atoms with Gasteiger partial charge in [0.1, 0.15) is 5.03 Å². The van der Waals surface area contributed by atoms with Crippen LogP contribution in [0.1, 0.15) is 19.0 Å². The molecule has 2 N–H and O–H groups in total. The number of nitrogens with one attached hydrogen (secondary N) is 2. The Balaban J connectivity index is 2.16. The van der Waals surface area contributed by atoms with E-state index in [1.165, 1.54) is 17.8 Å². The number of aromatic amines is 1. The molecule has 0 radical (unpaired) electrons. The number of hydrogen-bond acceptors (Lipinski definition) is 6. The summed E-state index contributed by atoms with van der Waals surface area (Å²) >= 11 is 1.31. The van der Waals surface area contributed by atoms with Gasteiger partial charge in [0.2, 0.25) is 5.95 Å². The SMILES string of the molecule is CCCNc1nccc(Sc2nc(C)cc(=O)[nH]2)n1. The molecular formula is C12H15N5OS. The van der Waals surface area contributed by atoms with Gasteiger partial charge >= 0.3 is 0 Å². The molecule has 0 spiro atoms. The molecule has 7 heteroatoms. The van der Waals surface area contributed by atoms with E-state index in [0.717, 1.165) is 18.0 Å². The van der Waals surface area contributed by atoms with Crippen molar-refractivity contribution in [3.05, 3.63) is 34.4 Å². The fraction of sp³-hybridized carbons (Fsp3) is 0.333. The topological polar surface area (TPSA) is 83.6 Å². The molecule has 0 amide bonds. The molecule has 0 bridgehead atoms. The number of hydrogen-bond donors (Lipinski definition) is 2. The summed E-state index contributed by atoms with van der Waals surface area (Å²) in [5, 5.41) is 4.39. The lowest BCUT2D eigenvalue weighted by Gasteiger charge is -2.04. The molecule has 0 saturated carbocycles. The lowest BCUT2D eigenvalue weighted by Crippen LogP contribution is -2.08. The molecule has 0 aliphatic heterocycles. The Morgan fingerprint density at radius 3 is 3.00 bits per heavy atom. The summed E-state index contributed by atoms with van der Waals surface area (Å²) in [6.45, 7) is 4.69. The maximum Gasteiger partial charge on any atom is 0.251 e. The quantitative estimate of drug-likeness (QED) is 0.641. The van der Waals surface area contributed by atoms with Crippen LogP contribution in [0.5, 0.6) is 0 Å². The normalized spacial score (nSPS) is 10.4. The first-order chi connectivity index (χ1) is 9.17. The standard InChI is InChI=1S/C12H15N5OS/c1-3-5-13-11-14-6-4-10(17-11)19-12-15-8(2)7-9(18)16-12/h4,6-7H,3,5H2,1-2H3,(H,13,14,17)(H,15,16,18). The summed E-state index contributed by atoms with van der Waals surface area (Å²) in [6.07, 6.45) is 2.69. The van der Waals surface area contributed by atoms with Gasteiger partial charge in [0, 0.05) is 24.5 Å². The van der Waals surface area contributed by atoms with Gasteiger partial charge in [-0.2, -0.15) is 0 Å². The predicted molar refractivity (Wildman–Crippen MR) is 74.5 cm³/mol. The van der Waals surface area contributed by atoms with Crippen molar-refractivity contribution < 1.29 is 0 Å². The third kappa shape index (κ3) is 4.06. The summed E-state index contributed by atoms with van der Waals surface area (Å²) in [7, 11) is 0. The molecule has 19 heavy (non-hydrogen) atoms. The summed E-state index contributed by atoms with van der Waals surface area (Å²) in [5.41, 5.74) is 0.526. The minimum Gasteiger partial charge on any atom is -0.354 e. The fourth-order valence-electron chi connectivity index (χ4n) is 1.42. The van der Waals surface area contributed by atoms with E-state index in [-0.39, 0.29) is 5.56 Å². The van der Waals surface area contributed by atoms with E-state index < -0.39 is 0 Å². The number of rotatable bonds is 5. The maximum atomic E-state index is 11.4. The molecule has 0 fully saturated rings. The van der Waals surface area contributed by atoms with Crippen LogP contribution in [-0.4, -0.2) is 26.5 Å². The number of aryl methyl sites for hydroxylation is 1. The van der Waals surface area contributed by atoms with Crippen LogP contribution in [0.25, 0.3) is 0 Å². The van der Waals surface area contributed by atoms with Crippen LogP contribution >= 0.6 is 11.8 Å². The zero-order chi connectivity index (χ0) is 13.7. The van der Waals surface area contributed by atoms with Gasteiger partial charge in [-0.1, -0.05) is 6.92 Å². The van der Waals surface area contributed by atoms with Crippen LogP contribution < -0.4 is 10.9 Å². The molecule has 6 nitrogen and oxygen atoms in total. The molecule has 0 aliphatic carbocycles. The van der Waals surface area contributed by atoms with Gasteiger partial charge in [0.25, 0.3) is 5.56 Å². The highest BCUT2D eigenvalue weighted by Crippen LogP contribution is 2.22. The Morgan fingerprint density at radius 1 is 1.42 bits per heavy atom. The van der Waals surface area contributed by atoms with Crippen molar-refractivity contribution in [2.45, 2.75) is 30.5 Å². The third-order valence-corrected chi connectivity index (χ3v) is 3.04. The van der Waals surface area contributed by atoms with Gasteiger partial charge in [-0.15, -0.1) is 0 Å². The third-order valence-electron chi connectivity index (χ3n) is 2.21. The van der Waals surface area contributed by atoms with E-state index in [1.54, 1.807) is 19.2 Å². The molecule has 0 atom stereocenters. The Morgan fingerprint density at radius 2 is 2.26 bits per heavy atom. The molecule has 0 aliphatic rings. The van der Waals surface area contributed by atoms with Crippen LogP contribution in [0.15, 0.2) is 33.3 Å². The molecule has 0 unspecified atom stereocenters. The second kappa shape index (κ2) is 6.33. The average Bonchev–Trinajstić information content (AvgIpc) is 2.35. The number of aromatic nitrogens is 4. The van der Waals surface area contributed by atoms with Crippen LogP contribution in [0.2, 0.25) is 0 Å². The first-order valence-corrected chi connectivity index (χ1v) is 6.82. The summed E-state index contributed by atoms with van der Waals surface area (Å²) in [6, 6.07) is 3.24. The van der Waals surface area contributed by atoms with Gasteiger partial charge in [-0.25, -0.2) is 15.0 Å². The zero-order valence-corrected chi connectivity index (χ0v) is 11.6. The molecule has 100 valence electrons. The first-order valence-electron chi connectivity index (χ1n) is 6.00. The maximum absolute atomic E-state index is 11.4. The fourth-order valence-corrected chi connectivity index (χ4v) is 2.22. The highest BCUT2D eigenvalue weighted by atomic mass is 32.2. The highest BCUT2D eigenvalue weighted by Gasteiger charge is 2.04. The molecule has 2 aromatic rings. The van der Waals surface area contributed by atoms with E-state index in [4.69, 9.17) is 0 Å². The monoisotopic (exact) mass is 277 g/mol. The lowest BCUT2D eigenvalue weighted by molar-refractivity contribution is 0.897. The minimum atomic E-state index is -0.159. The summed E-state index contributed by atoms with van der Waals surface area (Å²) in [4.78, 5) is 26.7. The molecule has 2 rings (SSSR count). The highest BCUT2D eigenvalue weighted by molar-refractivity contribution is 7.99. The zero-order valence-electron chi connectivity index (χ0n) is 10.8. The predicted octanol–water partition coefficient (Wildman–Crippen LogP) is 1.84. The van der Waals surface area contributed by atoms with E-state index in [9.17, 15) is 4.79 Å². The first kappa shape index (κ1) is 13.5. The van der Waals surface area contributed by atoms with Crippen molar-refractivity contribution in [1.29, 1.82) is 0 Å². The van der Waals surface area contributed by atoms with Crippen LogP contribution in [0.3, 0.4) is 0 Å². The van der Waals surface area contributed by atoms with Crippen molar-refractivity contribution in [2.24, 2.45) is 0 Å². The minimum absolute atomic E-state index is 0.159. The number of anilines is 1. The second-order valence-corrected chi connectivity index (χ2v) is 4.95. The Kier molecular flexibility index (Phi) is 4.51. The Labute approximate surface area is 115 Å². The van der Waals surface area contributed by atoms with E-state index in [0.29, 0.717) is 16.8 Å². The van der Waals surface area contributed by atoms with Crippen molar-refractivity contribution in [1.82, 2.24) is 19.9 Å². The Bertz CT molecular complexity index is 613. The summed E-state index contributed by atoms with van der Waals surface area (Å²) < 4.78 is 0.